The number of hydrogen-bond acceptors (Lipinski definition) is 4. The maximum Gasteiger partial charge on any atom is 0.416 e. The first-order valence-corrected chi connectivity index (χ1v) is 13.3. The van der Waals surface area contributed by atoms with E-state index in [4.69, 9.17) is 14.2 Å². The Morgan fingerprint density at radius 3 is 2.17 bits per heavy atom. The molecule has 12 heteroatoms. The predicted octanol–water partition coefficient (Wildman–Crippen LogP) is 8.56. The quantitative estimate of drug-likeness (QED) is 0.298. The van der Waals surface area contributed by atoms with Gasteiger partial charge >= 0.3 is 18.4 Å². The zero-order valence-electron chi connectivity index (χ0n) is 23.8. The van der Waals surface area contributed by atoms with Crippen LogP contribution in [0, 0.1) is 11.2 Å². The van der Waals surface area contributed by atoms with Crippen molar-refractivity contribution >= 4 is 11.7 Å². The van der Waals surface area contributed by atoms with Gasteiger partial charge in [-0.1, -0.05) is 13.8 Å². The van der Waals surface area contributed by atoms with E-state index in [1.54, 1.807) is 6.07 Å². The largest absolute Gasteiger partial charge is 0.496 e. The van der Waals surface area contributed by atoms with Crippen molar-refractivity contribution in [3.63, 3.8) is 0 Å². The molecule has 0 saturated carbocycles. The van der Waals surface area contributed by atoms with E-state index in [9.17, 15) is 35.5 Å². The van der Waals surface area contributed by atoms with E-state index in [1.165, 1.54) is 32.1 Å². The molecule has 1 aliphatic heterocycles. The molecule has 0 bridgehead atoms. The third-order valence-corrected chi connectivity index (χ3v) is 7.86. The highest BCUT2D eigenvalue weighted by molar-refractivity contribution is 5.77. The van der Waals surface area contributed by atoms with Crippen LogP contribution in [0.15, 0.2) is 35.9 Å². The van der Waals surface area contributed by atoms with Gasteiger partial charge in [-0.2, -0.15) is 26.3 Å². The van der Waals surface area contributed by atoms with E-state index in [2.05, 4.69) is 13.8 Å². The summed E-state index contributed by atoms with van der Waals surface area (Å²) in [4.78, 5) is 14.4. The highest BCUT2D eigenvalue weighted by atomic mass is 19.4. The van der Waals surface area contributed by atoms with Crippen molar-refractivity contribution in [1.82, 2.24) is 4.90 Å². The first kappa shape index (κ1) is 31.7. The standard InChI is InChI=1S/C30H32F7NO4/c1-16-26(17-8-20(29(32,33)34)11-21(9-17)30(35,36)37)42-27(39)38(16)14-19-13-28(2,3)7-6-22(19)23-10-18(15-40-4)24(31)12-25(23)41-5/h8-12,16,26H,6-7,13-15H2,1-5H3. The van der Waals surface area contributed by atoms with Gasteiger partial charge in [-0.15, -0.1) is 0 Å². The molecule has 4 rings (SSSR count). The summed E-state index contributed by atoms with van der Waals surface area (Å²) < 4.78 is 112. The van der Waals surface area contributed by atoms with Gasteiger partial charge < -0.3 is 14.2 Å². The summed E-state index contributed by atoms with van der Waals surface area (Å²) >= 11 is 0. The maximum absolute atomic E-state index is 14.6. The molecule has 42 heavy (non-hydrogen) atoms. The van der Waals surface area contributed by atoms with Crippen LogP contribution in [0.4, 0.5) is 35.5 Å². The Labute approximate surface area is 239 Å². The number of nitrogens with zero attached hydrogens (tertiary/aromatic N) is 1. The number of allylic oxidation sites excluding steroid dienone is 1. The second-order valence-corrected chi connectivity index (χ2v) is 11.5. The molecule has 1 saturated heterocycles. The van der Waals surface area contributed by atoms with E-state index in [-0.39, 0.29) is 30.4 Å². The number of cyclic esters (lactones) is 1. The highest BCUT2D eigenvalue weighted by Crippen LogP contribution is 2.47. The van der Waals surface area contributed by atoms with Gasteiger partial charge in [0.15, 0.2) is 0 Å². The van der Waals surface area contributed by atoms with Crippen LogP contribution in [-0.2, 0) is 28.4 Å². The topological polar surface area (TPSA) is 48.0 Å². The summed E-state index contributed by atoms with van der Waals surface area (Å²) in [5.74, 6) is -0.215. The van der Waals surface area contributed by atoms with Crippen LogP contribution < -0.4 is 4.74 Å². The van der Waals surface area contributed by atoms with Gasteiger partial charge in [0.25, 0.3) is 0 Å². The predicted molar refractivity (Wildman–Crippen MR) is 140 cm³/mol. The number of alkyl halides is 6. The second kappa shape index (κ2) is 11.4. The summed E-state index contributed by atoms with van der Waals surface area (Å²) in [5.41, 5.74) is -0.967. The third-order valence-electron chi connectivity index (χ3n) is 7.86. The van der Waals surface area contributed by atoms with Crippen LogP contribution in [0.5, 0.6) is 5.75 Å². The Balaban J connectivity index is 1.75. The number of rotatable bonds is 7. The van der Waals surface area contributed by atoms with Crippen molar-refractivity contribution in [1.29, 1.82) is 0 Å². The van der Waals surface area contributed by atoms with Gasteiger partial charge in [-0.3, -0.25) is 4.90 Å². The molecule has 0 radical (unpaired) electrons. The van der Waals surface area contributed by atoms with E-state index in [1.807, 2.05) is 0 Å². The van der Waals surface area contributed by atoms with Gasteiger partial charge in [0.05, 0.1) is 30.9 Å². The van der Waals surface area contributed by atoms with Crippen molar-refractivity contribution in [3.05, 3.63) is 69.5 Å². The fourth-order valence-electron chi connectivity index (χ4n) is 5.67. The van der Waals surface area contributed by atoms with Crippen molar-refractivity contribution < 1.29 is 49.7 Å². The van der Waals surface area contributed by atoms with E-state index in [0.29, 0.717) is 36.1 Å². The van der Waals surface area contributed by atoms with Crippen molar-refractivity contribution in [2.75, 3.05) is 20.8 Å². The Kier molecular flexibility index (Phi) is 8.61. The number of amides is 1. The fourth-order valence-corrected chi connectivity index (χ4v) is 5.67. The molecule has 2 aromatic carbocycles. The molecule has 2 aromatic rings. The summed E-state index contributed by atoms with van der Waals surface area (Å²) in [6.07, 6.45) is -10.4. The average Bonchev–Trinajstić information content (AvgIpc) is 3.16. The number of methoxy groups -OCH3 is 2. The molecule has 1 aliphatic carbocycles. The lowest BCUT2D eigenvalue weighted by Gasteiger charge is -2.36. The van der Waals surface area contributed by atoms with Crippen LogP contribution in [-0.4, -0.2) is 37.8 Å². The van der Waals surface area contributed by atoms with Crippen molar-refractivity contribution in [3.8, 4) is 5.75 Å². The van der Waals surface area contributed by atoms with E-state index < -0.39 is 53.1 Å². The Hall–Kier alpha value is -3.28. The van der Waals surface area contributed by atoms with Crippen LogP contribution in [0.3, 0.4) is 0 Å². The average molecular weight is 604 g/mol. The molecule has 230 valence electrons. The fraction of sp³-hybridized carbons (Fsp3) is 0.500. The normalized spacial score (nSPS) is 21.1. The smallest absolute Gasteiger partial charge is 0.416 e. The maximum atomic E-state index is 14.6. The van der Waals surface area contributed by atoms with Crippen molar-refractivity contribution in [2.24, 2.45) is 5.41 Å². The molecule has 2 unspecified atom stereocenters. The van der Waals surface area contributed by atoms with Gasteiger partial charge in [-0.05, 0) is 72.6 Å². The van der Waals surface area contributed by atoms with Crippen LogP contribution >= 0.6 is 0 Å². The Morgan fingerprint density at radius 2 is 1.62 bits per heavy atom. The molecule has 2 aliphatic rings. The lowest BCUT2D eigenvalue weighted by Crippen LogP contribution is -2.35. The lowest BCUT2D eigenvalue weighted by atomic mass is 9.72. The third kappa shape index (κ3) is 6.53. The summed E-state index contributed by atoms with van der Waals surface area (Å²) in [5, 5.41) is 0. The molecule has 1 amide bonds. The number of carbonyl (C=O) groups is 1. The van der Waals surface area contributed by atoms with Crippen LogP contribution in [0.25, 0.3) is 5.57 Å². The van der Waals surface area contributed by atoms with Crippen LogP contribution in [0.2, 0.25) is 0 Å². The Bertz CT molecular complexity index is 1350. The minimum absolute atomic E-state index is 0.0144. The highest BCUT2D eigenvalue weighted by Gasteiger charge is 2.44. The summed E-state index contributed by atoms with van der Waals surface area (Å²) in [6.45, 7) is 5.66. The molecular weight excluding hydrogens is 571 g/mol. The van der Waals surface area contributed by atoms with Gasteiger partial charge in [0, 0.05) is 30.8 Å². The molecule has 0 N–H and O–H groups in total. The van der Waals surface area contributed by atoms with E-state index in [0.717, 1.165) is 17.6 Å². The zero-order chi connectivity index (χ0) is 31.2. The monoisotopic (exact) mass is 603 g/mol. The molecule has 0 aromatic heterocycles. The summed E-state index contributed by atoms with van der Waals surface area (Å²) in [6, 6.07) is 3.23. The SMILES string of the molecule is COCc1cc(C2=C(CN3C(=O)OC(c4cc(C(F)(F)F)cc(C(F)(F)F)c4)C3C)CC(C)(C)CC2)c(OC)cc1F. The van der Waals surface area contributed by atoms with Crippen LogP contribution in [0.1, 0.15) is 74.0 Å². The molecular formula is C30H32F7NO4. The number of halogens is 7. The molecule has 5 nitrogen and oxygen atoms in total. The molecule has 0 spiro atoms. The minimum atomic E-state index is -5.04. The number of hydrogen-bond donors (Lipinski definition) is 0. The van der Waals surface area contributed by atoms with E-state index >= 15 is 0 Å². The van der Waals surface area contributed by atoms with Gasteiger partial charge in [0.2, 0.25) is 0 Å². The number of ether oxygens (including phenoxy) is 3. The molecule has 2 atom stereocenters. The minimum Gasteiger partial charge on any atom is -0.496 e. The van der Waals surface area contributed by atoms with Gasteiger partial charge in [-0.25, -0.2) is 9.18 Å². The molecule has 1 fully saturated rings. The van der Waals surface area contributed by atoms with Crippen molar-refractivity contribution in [2.45, 2.75) is 71.1 Å². The molecule has 1 heterocycles. The first-order valence-electron chi connectivity index (χ1n) is 13.3. The van der Waals surface area contributed by atoms with Gasteiger partial charge in [0.1, 0.15) is 17.7 Å². The number of carbonyl (C=O) groups excluding carboxylic acids is 1. The first-order chi connectivity index (χ1) is 19.4. The second-order valence-electron chi connectivity index (χ2n) is 11.5. The summed E-state index contributed by atoms with van der Waals surface area (Å²) in [7, 11) is 2.85. The number of benzene rings is 2. The zero-order valence-corrected chi connectivity index (χ0v) is 23.8. The Morgan fingerprint density at radius 1 is 1.00 bits per heavy atom. The lowest BCUT2D eigenvalue weighted by molar-refractivity contribution is -0.143.